The summed E-state index contributed by atoms with van der Waals surface area (Å²) < 4.78 is 0. The average Bonchev–Trinajstić information content (AvgIpc) is 2.27. The highest BCUT2D eigenvalue weighted by molar-refractivity contribution is 5.77. The lowest BCUT2D eigenvalue weighted by molar-refractivity contribution is -0.122. The lowest BCUT2D eigenvalue weighted by Gasteiger charge is -2.27. The zero-order chi connectivity index (χ0) is 14.6. The number of benzene rings is 1. The van der Waals surface area contributed by atoms with Crippen LogP contribution in [0, 0.1) is 12.3 Å². The summed E-state index contributed by atoms with van der Waals surface area (Å²) in [5, 5.41) is 3.01. The molecule has 3 nitrogen and oxygen atoms in total. The van der Waals surface area contributed by atoms with Crippen LogP contribution in [0.15, 0.2) is 24.3 Å². The van der Waals surface area contributed by atoms with Crippen molar-refractivity contribution in [3.05, 3.63) is 35.4 Å². The molecule has 0 heterocycles. The van der Waals surface area contributed by atoms with Crippen LogP contribution in [0.4, 0.5) is 0 Å². The van der Waals surface area contributed by atoms with Gasteiger partial charge in [-0.15, -0.1) is 0 Å². The highest BCUT2D eigenvalue weighted by Crippen LogP contribution is 2.20. The first kappa shape index (κ1) is 15.7. The number of rotatable bonds is 4. The molecule has 0 spiro atoms. The van der Waals surface area contributed by atoms with Gasteiger partial charge in [-0.1, -0.05) is 50.6 Å². The van der Waals surface area contributed by atoms with E-state index in [2.05, 4.69) is 32.2 Å². The van der Waals surface area contributed by atoms with E-state index in [1.54, 1.807) is 0 Å². The molecule has 0 saturated carbocycles. The van der Waals surface area contributed by atoms with Crippen molar-refractivity contribution in [2.75, 3.05) is 0 Å². The van der Waals surface area contributed by atoms with Gasteiger partial charge in [0.2, 0.25) is 5.91 Å². The Bertz CT molecular complexity index is 435. The molecule has 0 aliphatic heterocycles. The normalized spacial score (nSPS) is 14.8. The quantitative estimate of drug-likeness (QED) is 0.876. The molecule has 19 heavy (non-hydrogen) atoms. The summed E-state index contributed by atoms with van der Waals surface area (Å²) in [5.74, 6) is 0.0106. The lowest BCUT2D eigenvalue weighted by atomic mass is 9.85. The van der Waals surface area contributed by atoms with Crippen LogP contribution < -0.4 is 11.1 Å². The van der Waals surface area contributed by atoms with E-state index in [4.69, 9.17) is 5.73 Å². The average molecular weight is 262 g/mol. The minimum atomic E-state index is -0.128. The molecular weight excluding hydrogens is 236 g/mol. The van der Waals surface area contributed by atoms with E-state index in [9.17, 15) is 4.79 Å². The number of hydrogen-bond acceptors (Lipinski definition) is 2. The summed E-state index contributed by atoms with van der Waals surface area (Å²) in [5.41, 5.74) is 8.30. The molecule has 0 saturated heterocycles. The summed E-state index contributed by atoms with van der Waals surface area (Å²) >= 11 is 0. The third kappa shape index (κ3) is 5.03. The molecule has 1 unspecified atom stereocenters. The fraction of sp³-hybridized carbons (Fsp3) is 0.562. The molecule has 1 amide bonds. The third-order valence-electron chi connectivity index (χ3n) is 3.44. The Balaban J connectivity index is 2.58. The zero-order valence-corrected chi connectivity index (χ0v) is 12.7. The molecule has 1 rings (SSSR count). The van der Waals surface area contributed by atoms with Crippen LogP contribution in [0.5, 0.6) is 0 Å². The minimum Gasteiger partial charge on any atom is -0.350 e. The van der Waals surface area contributed by atoms with E-state index in [1.807, 2.05) is 32.0 Å². The van der Waals surface area contributed by atoms with Gasteiger partial charge < -0.3 is 11.1 Å². The molecule has 0 aromatic heterocycles. The second-order valence-electron chi connectivity index (χ2n) is 6.38. The predicted molar refractivity (Wildman–Crippen MR) is 79.8 cm³/mol. The Morgan fingerprint density at radius 2 is 2.00 bits per heavy atom. The maximum absolute atomic E-state index is 12.0. The first-order valence-electron chi connectivity index (χ1n) is 6.81. The molecular formula is C16H26N2O. The van der Waals surface area contributed by atoms with Gasteiger partial charge >= 0.3 is 0 Å². The molecule has 0 fully saturated rings. The molecule has 2 atom stereocenters. The monoisotopic (exact) mass is 262 g/mol. The number of hydrogen-bond donors (Lipinski definition) is 2. The van der Waals surface area contributed by atoms with Gasteiger partial charge in [0.15, 0.2) is 0 Å². The van der Waals surface area contributed by atoms with E-state index in [1.165, 1.54) is 5.56 Å². The second-order valence-corrected chi connectivity index (χ2v) is 6.38. The minimum absolute atomic E-state index is 0.0106. The summed E-state index contributed by atoms with van der Waals surface area (Å²) in [6.45, 7) is 10.2. The smallest absolute Gasteiger partial charge is 0.222 e. The summed E-state index contributed by atoms with van der Waals surface area (Å²) in [4.78, 5) is 12.0. The molecule has 0 aliphatic rings. The van der Waals surface area contributed by atoms with Crippen molar-refractivity contribution in [2.24, 2.45) is 11.1 Å². The summed E-state index contributed by atoms with van der Waals surface area (Å²) in [7, 11) is 0. The summed E-state index contributed by atoms with van der Waals surface area (Å²) in [6, 6.07) is 8.06. The highest BCUT2D eigenvalue weighted by atomic mass is 16.1. The fourth-order valence-corrected chi connectivity index (χ4v) is 1.83. The fourth-order valence-electron chi connectivity index (χ4n) is 1.83. The second kappa shape index (κ2) is 6.20. The maximum atomic E-state index is 12.0. The topological polar surface area (TPSA) is 55.1 Å². The van der Waals surface area contributed by atoms with Gasteiger partial charge in [0, 0.05) is 12.5 Å². The van der Waals surface area contributed by atoms with Crippen LogP contribution in [0.25, 0.3) is 0 Å². The van der Waals surface area contributed by atoms with Crippen molar-refractivity contribution < 1.29 is 4.79 Å². The van der Waals surface area contributed by atoms with E-state index >= 15 is 0 Å². The van der Waals surface area contributed by atoms with Crippen LogP contribution in [0.2, 0.25) is 0 Å². The highest BCUT2D eigenvalue weighted by Gasteiger charge is 2.23. The SMILES string of the molecule is Cc1cccc([C@@H](C)NC(=O)CC(N)C(C)(C)C)c1. The Morgan fingerprint density at radius 1 is 1.37 bits per heavy atom. The van der Waals surface area contributed by atoms with E-state index in [0.29, 0.717) is 6.42 Å². The first-order valence-corrected chi connectivity index (χ1v) is 6.81. The van der Waals surface area contributed by atoms with Gasteiger partial charge in [-0.25, -0.2) is 0 Å². The van der Waals surface area contributed by atoms with Crippen molar-refractivity contribution in [2.45, 2.75) is 53.1 Å². The maximum Gasteiger partial charge on any atom is 0.222 e. The molecule has 0 radical (unpaired) electrons. The summed E-state index contributed by atoms with van der Waals surface area (Å²) in [6.07, 6.45) is 0.361. The Labute approximate surface area is 116 Å². The van der Waals surface area contributed by atoms with Gasteiger partial charge in [-0.2, -0.15) is 0 Å². The Hall–Kier alpha value is -1.35. The van der Waals surface area contributed by atoms with E-state index in [-0.39, 0.29) is 23.4 Å². The first-order chi connectivity index (χ1) is 8.70. The van der Waals surface area contributed by atoms with Crippen LogP contribution in [-0.4, -0.2) is 11.9 Å². The van der Waals surface area contributed by atoms with Crippen LogP contribution in [0.3, 0.4) is 0 Å². The number of amides is 1. The van der Waals surface area contributed by atoms with Crippen LogP contribution in [-0.2, 0) is 4.79 Å². The lowest BCUT2D eigenvalue weighted by Crippen LogP contribution is -2.40. The van der Waals surface area contributed by atoms with E-state index < -0.39 is 0 Å². The third-order valence-corrected chi connectivity index (χ3v) is 3.44. The molecule has 0 bridgehead atoms. The Morgan fingerprint density at radius 3 is 2.53 bits per heavy atom. The molecule has 1 aromatic carbocycles. The Kier molecular flexibility index (Phi) is 5.12. The molecule has 1 aromatic rings. The van der Waals surface area contributed by atoms with Crippen LogP contribution >= 0.6 is 0 Å². The van der Waals surface area contributed by atoms with Crippen LogP contribution in [0.1, 0.15) is 51.3 Å². The van der Waals surface area contributed by atoms with Gasteiger partial charge in [0.05, 0.1) is 6.04 Å². The van der Waals surface area contributed by atoms with Gasteiger partial charge in [0.25, 0.3) is 0 Å². The number of aryl methyl sites for hydroxylation is 1. The molecule has 3 N–H and O–H groups in total. The van der Waals surface area contributed by atoms with E-state index in [0.717, 1.165) is 5.56 Å². The van der Waals surface area contributed by atoms with Gasteiger partial charge in [0.1, 0.15) is 0 Å². The molecule has 3 heteroatoms. The van der Waals surface area contributed by atoms with Gasteiger partial charge in [-0.05, 0) is 24.8 Å². The number of nitrogens with two attached hydrogens (primary N) is 1. The number of carbonyl (C=O) groups is 1. The van der Waals surface area contributed by atoms with Crippen molar-refractivity contribution in [3.63, 3.8) is 0 Å². The largest absolute Gasteiger partial charge is 0.350 e. The van der Waals surface area contributed by atoms with Crippen molar-refractivity contribution in [1.82, 2.24) is 5.32 Å². The number of carbonyl (C=O) groups excluding carboxylic acids is 1. The predicted octanol–water partition coefficient (Wildman–Crippen LogP) is 2.94. The number of nitrogens with one attached hydrogen (secondary N) is 1. The van der Waals surface area contributed by atoms with Gasteiger partial charge in [-0.3, -0.25) is 4.79 Å². The van der Waals surface area contributed by atoms with Crippen molar-refractivity contribution in [3.8, 4) is 0 Å². The molecule has 0 aliphatic carbocycles. The standard InChI is InChI=1S/C16H26N2O/c1-11-7-6-8-13(9-11)12(2)18-15(19)10-14(17)16(3,4)5/h6-9,12,14H,10,17H2,1-5H3,(H,18,19)/t12-,14?/m1/s1. The van der Waals surface area contributed by atoms with Crippen molar-refractivity contribution >= 4 is 5.91 Å². The zero-order valence-electron chi connectivity index (χ0n) is 12.7. The molecule has 106 valence electrons. The van der Waals surface area contributed by atoms with Crippen molar-refractivity contribution in [1.29, 1.82) is 0 Å².